The molecule has 4 heteroatoms. The molecule has 21 heavy (non-hydrogen) atoms. The van der Waals surface area contributed by atoms with Crippen molar-refractivity contribution >= 4 is 17.0 Å². The van der Waals surface area contributed by atoms with Gasteiger partial charge in [-0.2, -0.15) is 0 Å². The van der Waals surface area contributed by atoms with Crippen LogP contribution in [0.2, 0.25) is 0 Å². The lowest BCUT2D eigenvalue weighted by atomic mass is 9.93. The fraction of sp³-hybridized carbons (Fsp3) is 0.235. The van der Waals surface area contributed by atoms with E-state index in [1.165, 1.54) is 11.1 Å². The highest BCUT2D eigenvalue weighted by atomic mass is 15.2. The van der Waals surface area contributed by atoms with Gasteiger partial charge < -0.3 is 4.90 Å². The Kier molecular flexibility index (Phi) is 2.81. The molecule has 1 aliphatic heterocycles. The first kappa shape index (κ1) is 12.3. The van der Waals surface area contributed by atoms with Crippen LogP contribution in [0.4, 0.5) is 5.82 Å². The average Bonchev–Trinajstić information content (AvgIpc) is 2.55. The maximum Gasteiger partial charge on any atom is 0.180 e. The van der Waals surface area contributed by atoms with Crippen LogP contribution in [0.15, 0.2) is 48.8 Å². The van der Waals surface area contributed by atoms with E-state index in [1.54, 1.807) is 12.4 Å². The molecule has 0 saturated heterocycles. The van der Waals surface area contributed by atoms with E-state index < -0.39 is 0 Å². The monoisotopic (exact) mass is 276 g/mol. The molecule has 1 atom stereocenters. The van der Waals surface area contributed by atoms with E-state index >= 15 is 0 Å². The molecule has 3 aromatic rings. The van der Waals surface area contributed by atoms with Crippen LogP contribution in [0.3, 0.4) is 0 Å². The van der Waals surface area contributed by atoms with Crippen LogP contribution in [0.5, 0.6) is 0 Å². The first-order valence-corrected chi connectivity index (χ1v) is 7.25. The summed E-state index contributed by atoms with van der Waals surface area (Å²) in [5, 5.41) is 0. The largest absolute Gasteiger partial charge is 0.349 e. The van der Waals surface area contributed by atoms with Gasteiger partial charge in [-0.1, -0.05) is 24.3 Å². The van der Waals surface area contributed by atoms with Gasteiger partial charge in [-0.3, -0.25) is 4.98 Å². The quantitative estimate of drug-likeness (QED) is 0.684. The molecule has 4 rings (SSSR count). The number of anilines is 1. The van der Waals surface area contributed by atoms with Crippen molar-refractivity contribution in [2.24, 2.45) is 0 Å². The number of hydrogen-bond acceptors (Lipinski definition) is 4. The molecule has 3 heterocycles. The molecule has 2 aromatic heterocycles. The minimum atomic E-state index is 0.330. The van der Waals surface area contributed by atoms with E-state index in [4.69, 9.17) is 0 Å². The smallest absolute Gasteiger partial charge is 0.180 e. The van der Waals surface area contributed by atoms with Gasteiger partial charge in [-0.25, -0.2) is 9.97 Å². The summed E-state index contributed by atoms with van der Waals surface area (Å²) in [6.45, 7) is 3.22. The van der Waals surface area contributed by atoms with E-state index in [2.05, 4.69) is 51.0 Å². The van der Waals surface area contributed by atoms with Crippen LogP contribution in [0.1, 0.15) is 24.1 Å². The molecule has 1 aliphatic rings. The maximum atomic E-state index is 4.67. The third kappa shape index (κ3) is 2.03. The molecule has 0 bridgehead atoms. The van der Waals surface area contributed by atoms with Crippen molar-refractivity contribution in [2.45, 2.75) is 19.4 Å². The normalized spacial score (nSPS) is 17.8. The summed E-state index contributed by atoms with van der Waals surface area (Å²) in [5.74, 6) is 0.977. The second-order valence-electron chi connectivity index (χ2n) is 5.39. The Hall–Kier alpha value is -2.49. The minimum Gasteiger partial charge on any atom is -0.349 e. The van der Waals surface area contributed by atoms with Gasteiger partial charge >= 0.3 is 0 Å². The highest BCUT2D eigenvalue weighted by Crippen LogP contribution is 2.32. The van der Waals surface area contributed by atoms with Gasteiger partial charge in [0.2, 0.25) is 0 Å². The second-order valence-corrected chi connectivity index (χ2v) is 5.39. The Bertz CT molecular complexity index is 799. The molecule has 0 aliphatic carbocycles. The molecule has 1 unspecified atom stereocenters. The molecular weight excluding hydrogens is 260 g/mol. The molecule has 0 radical (unpaired) electrons. The van der Waals surface area contributed by atoms with E-state index in [1.807, 2.05) is 12.1 Å². The standard InChI is InChI=1S/C17H16N4/c1-12-14-5-3-2-4-13(14)8-11-21(12)16-7-6-15-17(20-16)19-10-9-18-15/h2-7,9-10,12H,8,11H2,1H3. The average molecular weight is 276 g/mol. The van der Waals surface area contributed by atoms with Crippen molar-refractivity contribution in [3.05, 3.63) is 59.9 Å². The lowest BCUT2D eigenvalue weighted by Crippen LogP contribution is -2.34. The van der Waals surface area contributed by atoms with E-state index in [9.17, 15) is 0 Å². The third-order valence-corrected chi connectivity index (χ3v) is 4.21. The van der Waals surface area contributed by atoms with Gasteiger partial charge in [0.1, 0.15) is 11.3 Å². The lowest BCUT2D eigenvalue weighted by Gasteiger charge is -2.36. The summed E-state index contributed by atoms with van der Waals surface area (Å²) < 4.78 is 0. The number of fused-ring (bicyclic) bond motifs is 2. The van der Waals surface area contributed by atoms with Crippen molar-refractivity contribution in [3.63, 3.8) is 0 Å². The zero-order valence-corrected chi connectivity index (χ0v) is 11.9. The van der Waals surface area contributed by atoms with Crippen LogP contribution in [0.25, 0.3) is 11.2 Å². The van der Waals surface area contributed by atoms with Crippen LogP contribution >= 0.6 is 0 Å². The maximum absolute atomic E-state index is 4.67. The molecule has 0 N–H and O–H groups in total. The highest BCUT2D eigenvalue weighted by molar-refractivity contribution is 5.72. The van der Waals surface area contributed by atoms with Gasteiger partial charge in [-0.05, 0) is 36.6 Å². The van der Waals surface area contributed by atoms with E-state index in [0.29, 0.717) is 11.7 Å². The van der Waals surface area contributed by atoms with Gasteiger partial charge in [-0.15, -0.1) is 0 Å². The molecule has 0 saturated carbocycles. The van der Waals surface area contributed by atoms with Crippen LogP contribution in [-0.2, 0) is 6.42 Å². The Morgan fingerprint density at radius 3 is 2.86 bits per heavy atom. The molecule has 104 valence electrons. The number of aromatic nitrogens is 3. The summed E-state index contributed by atoms with van der Waals surface area (Å²) in [7, 11) is 0. The second kappa shape index (κ2) is 4.81. The fourth-order valence-corrected chi connectivity index (χ4v) is 3.09. The Morgan fingerprint density at radius 2 is 1.90 bits per heavy atom. The van der Waals surface area contributed by atoms with Crippen molar-refractivity contribution < 1.29 is 0 Å². The summed E-state index contributed by atoms with van der Waals surface area (Å²) >= 11 is 0. The SMILES string of the molecule is CC1c2ccccc2CCN1c1ccc2nccnc2n1. The minimum absolute atomic E-state index is 0.330. The van der Waals surface area contributed by atoms with Crippen molar-refractivity contribution in [1.82, 2.24) is 15.0 Å². The predicted molar refractivity (Wildman–Crippen MR) is 83.2 cm³/mol. The van der Waals surface area contributed by atoms with Crippen molar-refractivity contribution in [1.29, 1.82) is 0 Å². The number of pyridine rings is 1. The Labute approximate surface area is 123 Å². The van der Waals surface area contributed by atoms with Gasteiger partial charge in [0.05, 0.1) is 6.04 Å². The summed E-state index contributed by atoms with van der Waals surface area (Å²) in [6.07, 6.45) is 4.44. The Balaban J connectivity index is 1.76. The molecule has 1 aromatic carbocycles. The number of benzene rings is 1. The zero-order valence-electron chi connectivity index (χ0n) is 11.9. The highest BCUT2D eigenvalue weighted by Gasteiger charge is 2.24. The summed E-state index contributed by atoms with van der Waals surface area (Å²) in [5.41, 5.74) is 4.39. The van der Waals surface area contributed by atoms with Crippen LogP contribution in [-0.4, -0.2) is 21.5 Å². The summed E-state index contributed by atoms with van der Waals surface area (Å²) in [6, 6.07) is 13.0. The topological polar surface area (TPSA) is 41.9 Å². The number of rotatable bonds is 1. The van der Waals surface area contributed by atoms with Crippen molar-refractivity contribution in [2.75, 3.05) is 11.4 Å². The van der Waals surface area contributed by atoms with Crippen LogP contribution in [0, 0.1) is 0 Å². The summed E-state index contributed by atoms with van der Waals surface area (Å²) in [4.78, 5) is 15.6. The molecule has 4 nitrogen and oxygen atoms in total. The molecular formula is C17H16N4. The van der Waals surface area contributed by atoms with Gasteiger partial charge in [0, 0.05) is 18.9 Å². The van der Waals surface area contributed by atoms with Gasteiger partial charge in [0.15, 0.2) is 5.65 Å². The lowest BCUT2D eigenvalue weighted by molar-refractivity contribution is 0.618. The predicted octanol–water partition coefficient (Wildman–Crippen LogP) is 3.15. The number of hydrogen-bond donors (Lipinski definition) is 0. The van der Waals surface area contributed by atoms with Crippen LogP contribution < -0.4 is 4.90 Å². The first-order chi connectivity index (χ1) is 10.3. The Morgan fingerprint density at radius 1 is 1.05 bits per heavy atom. The van der Waals surface area contributed by atoms with Crippen molar-refractivity contribution in [3.8, 4) is 0 Å². The van der Waals surface area contributed by atoms with Gasteiger partial charge in [0.25, 0.3) is 0 Å². The molecule has 0 amide bonds. The molecule has 0 spiro atoms. The number of nitrogens with zero attached hydrogens (tertiary/aromatic N) is 4. The fourth-order valence-electron chi connectivity index (χ4n) is 3.09. The molecule has 0 fully saturated rings. The zero-order chi connectivity index (χ0) is 14.2. The van der Waals surface area contributed by atoms with E-state index in [0.717, 1.165) is 24.3 Å². The van der Waals surface area contributed by atoms with E-state index in [-0.39, 0.29) is 0 Å². The first-order valence-electron chi connectivity index (χ1n) is 7.25. The third-order valence-electron chi connectivity index (χ3n) is 4.21.